The summed E-state index contributed by atoms with van der Waals surface area (Å²) < 4.78 is 0. The molecule has 0 aliphatic rings. The lowest BCUT2D eigenvalue weighted by molar-refractivity contribution is 0.200. The first-order chi connectivity index (χ1) is 11.4. The molecule has 0 saturated carbocycles. The third kappa shape index (κ3) is 4.83. The van der Waals surface area contributed by atoms with Crippen molar-refractivity contribution in [3.63, 3.8) is 0 Å². The van der Waals surface area contributed by atoms with Gasteiger partial charge in [0.15, 0.2) is 0 Å². The minimum Gasteiger partial charge on any atom is -0.345 e. The molecule has 1 aromatic heterocycles. The highest BCUT2D eigenvalue weighted by atomic mass is 16.2. The van der Waals surface area contributed by atoms with Crippen LogP contribution in [0.3, 0.4) is 0 Å². The molecule has 0 spiro atoms. The quantitative estimate of drug-likeness (QED) is 0.856. The first-order valence-electron chi connectivity index (χ1n) is 8.09. The van der Waals surface area contributed by atoms with E-state index in [0.717, 1.165) is 11.5 Å². The maximum Gasteiger partial charge on any atom is 0.317 e. The molecule has 0 bridgehead atoms. The van der Waals surface area contributed by atoms with Gasteiger partial charge < -0.3 is 20.1 Å². The molecule has 0 saturated heterocycles. The third-order valence-corrected chi connectivity index (χ3v) is 4.02. The lowest BCUT2D eigenvalue weighted by Gasteiger charge is -2.26. The Morgan fingerprint density at radius 2 is 1.88 bits per heavy atom. The summed E-state index contributed by atoms with van der Waals surface area (Å²) in [5, 5.41) is 3.01. The van der Waals surface area contributed by atoms with Crippen molar-refractivity contribution < 1.29 is 4.79 Å². The summed E-state index contributed by atoms with van der Waals surface area (Å²) in [6.45, 7) is 5.02. The van der Waals surface area contributed by atoms with Gasteiger partial charge in [0.1, 0.15) is 5.82 Å². The number of aromatic nitrogens is 2. The van der Waals surface area contributed by atoms with E-state index in [2.05, 4.69) is 51.4 Å². The molecular formula is C18H27N5O. The number of imidazole rings is 1. The molecule has 1 atom stereocenters. The normalized spacial score (nSPS) is 12.2. The number of H-pyrrole nitrogens is 1. The highest BCUT2D eigenvalue weighted by Gasteiger charge is 2.17. The van der Waals surface area contributed by atoms with Crippen molar-refractivity contribution in [1.82, 2.24) is 25.1 Å². The second-order valence-corrected chi connectivity index (χ2v) is 6.45. The minimum atomic E-state index is -0.108. The van der Waals surface area contributed by atoms with Gasteiger partial charge in [-0.25, -0.2) is 9.78 Å². The van der Waals surface area contributed by atoms with Crippen molar-refractivity contribution in [1.29, 1.82) is 0 Å². The molecule has 0 fully saturated rings. The lowest BCUT2D eigenvalue weighted by Crippen LogP contribution is -2.41. The van der Waals surface area contributed by atoms with Gasteiger partial charge in [0.25, 0.3) is 0 Å². The molecule has 0 radical (unpaired) electrons. The number of amides is 2. The average Bonchev–Trinajstić information content (AvgIpc) is 2.93. The number of nitrogens with zero attached hydrogens (tertiary/aromatic N) is 3. The van der Waals surface area contributed by atoms with Gasteiger partial charge in [0.05, 0.1) is 12.6 Å². The number of aryl methyl sites for hydroxylation is 2. The number of benzene rings is 1. The second kappa shape index (κ2) is 7.97. The molecule has 6 nitrogen and oxygen atoms in total. The highest BCUT2D eigenvalue weighted by molar-refractivity contribution is 5.73. The van der Waals surface area contributed by atoms with Crippen LogP contribution in [0.25, 0.3) is 0 Å². The van der Waals surface area contributed by atoms with E-state index >= 15 is 0 Å². The zero-order valence-electron chi connectivity index (χ0n) is 15.1. The number of rotatable bonds is 6. The molecule has 2 N–H and O–H groups in total. The summed E-state index contributed by atoms with van der Waals surface area (Å²) in [5.41, 5.74) is 3.41. The van der Waals surface area contributed by atoms with Crippen molar-refractivity contribution in [3.05, 3.63) is 53.1 Å². The van der Waals surface area contributed by atoms with Crippen LogP contribution in [0.15, 0.2) is 30.5 Å². The van der Waals surface area contributed by atoms with Crippen LogP contribution < -0.4 is 5.32 Å². The Morgan fingerprint density at radius 1 is 1.21 bits per heavy atom. The molecule has 0 aliphatic heterocycles. The van der Waals surface area contributed by atoms with Gasteiger partial charge in [-0.2, -0.15) is 0 Å². The van der Waals surface area contributed by atoms with Gasteiger partial charge in [-0.3, -0.25) is 0 Å². The van der Waals surface area contributed by atoms with Crippen molar-refractivity contribution in [2.24, 2.45) is 0 Å². The summed E-state index contributed by atoms with van der Waals surface area (Å²) >= 11 is 0. The van der Waals surface area contributed by atoms with E-state index in [-0.39, 0.29) is 12.1 Å². The Kier molecular flexibility index (Phi) is 5.98. The van der Waals surface area contributed by atoms with Crippen LogP contribution in [0.1, 0.15) is 28.7 Å². The second-order valence-electron chi connectivity index (χ2n) is 6.45. The number of nitrogens with one attached hydrogen (secondary N) is 2. The molecule has 0 unspecified atom stereocenters. The van der Waals surface area contributed by atoms with Gasteiger partial charge in [-0.1, -0.05) is 29.8 Å². The largest absolute Gasteiger partial charge is 0.345 e. The van der Waals surface area contributed by atoms with Crippen LogP contribution in [0.5, 0.6) is 0 Å². The monoisotopic (exact) mass is 329 g/mol. The molecule has 2 amide bonds. The average molecular weight is 329 g/mol. The van der Waals surface area contributed by atoms with E-state index in [1.165, 1.54) is 11.1 Å². The van der Waals surface area contributed by atoms with Crippen LogP contribution in [0.2, 0.25) is 0 Å². The molecule has 2 aromatic rings. The number of carbonyl (C=O) groups is 1. The number of hydrogen-bond acceptors (Lipinski definition) is 3. The van der Waals surface area contributed by atoms with Gasteiger partial charge in [0, 0.05) is 25.5 Å². The van der Waals surface area contributed by atoms with Gasteiger partial charge in [-0.15, -0.1) is 0 Å². The Morgan fingerprint density at radius 3 is 2.42 bits per heavy atom. The predicted octanol–water partition coefficient (Wildman–Crippen LogP) is 2.47. The maximum absolute atomic E-state index is 12.3. The van der Waals surface area contributed by atoms with Crippen LogP contribution in [0.4, 0.5) is 4.79 Å². The van der Waals surface area contributed by atoms with Gasteiger partial charge in [-0.05, 0) is 33.5 Å². The summed E-state index contributed by atoms with van der Waals surface area (Å²) in [6, 6.07) is 8.44. The van der Waals surface area contributed by atoms with Crippen LogP contribution in [-0.2, 0) is 6.54 Å². The van der Waals surface area contributed by atoms with Gasteiger partial charge in [0.2, 0.25) is 0 Å². The SMILES string of the molecule is Cc1ccc([C@@H](CNC(=O)N(C)Cc2ncc(C)[nH]2)N(C)C)cc1. The zero-order valence-corrected chi connectivity index (χ0v) is 15.1. The molecule has 24 heavy (non-hydrogen) atoms. The Labute approximate surface area is 143 Å². The smallest absolute Gasteiger partial charge is 0.317 e. The summed E-state index contributed by atoms with van der Waals surface area (Å²) in [5.74, 6) is 0.785. The maximum atomic E-state index is 12.3. The van der Waals surface area contributed by atoms with Crippen molar-refractivity contribution in [3.8, 4) is 0 Å². The standard InChI is InChI=1S/C18H27N5O/c1-13-6-8-15(9-7-13)16(22(3)4)11-20-18(24)23(5)12-17-19-10-14(2)21-17/h6-10,16H,11-12H2,1-5H3,(H,19,21)(H,20,24)/t16-/m1/s1. The van der Waals surface area contributed by atoms with Crippen LogP contribution in [-0.4, -0.2) is 53.5 Å². The highest BCUT2D eigenvalue weighted by Crippen LogP contribution is 2.18. The molecule has 6 heteroatoms. The van der Waals surface area contributed by atoms with E-state index in [1.54, 1.807) is 18.1 Å². The number of carbonyl (C=O) groups excluding carboxylic acids is 1. The Hall–Kier alpha value is -2.34. The molecule has 130 valence electrons. The minimum absolute atomic E-state index is 0.108. The number of urea groups is 1. The van der Waals surface area contributed by atoms with Crippen LogP contribution >= 0.6 is 0 Å². The summed E-state index contributed by atoms with van der Waals surface area (Å²) in [6.07, 6.45) is 1.76. The van der Waals surface area contributed by atoms with E-state index in [9.17, 15) is 4.79 Å². The van der Waals surface area contributed by atoms with Gasteiger partial charge >= 0.3 is 6.03 Å². The fourth-order valence-electron chi connectivity index (χ4n) is 2.55. The zero-order chi connectivity index (χ0) is 17.7. The Balaban J connectivity index is 1.93. The molecule has 2 rings (SSSR count). The van der Waals surface area contributed by atoms with E-state index < -0.39 is 0 Å². The number of aromatic amines is 1. The number of likely N-dealkylation sites (N-methyl/N-ethyl adjacent to an activating group) is 1. The van der Waals surface area contributed by atoms with Crippen molar-refractivity contribution in [2.75, 3.05) is 27.7 Å². The van der Waals surface area contributed by atoms with Crippen molar-refractivity contribution >= 4 is 6.03 Å². The third-order valence-electron chi connectivity index (χ3n) is 4.02. The predicted molar refractivity (Wildman–Crippen MR) is 95.8 cm³/mol. The summed E-state index contributed by atoms with van der Waals surface area (Å²) in [7, 11) is 5.81. The van der Waals surface area contributed by atoms with E-state index in [1.807, 2.05) is 21.0 Å². The fraction of sp³-hybridized carbons (Fsp3) is 0.444. The summed E-state index contributed by atoms with van der Waals surface area (Å²) in [4.78, 5) is 23.4. The number of hydrogen-bond donors (Lipinski definition) is 2. The first kappa shape index (κ1) is 18.0. The molecular weight excluding hydrogens is 302 g/mol. The van der Waals surface area contributed by atoms with E-state index in [0.29, 0.717) is 13.1 Å². The molecule has 0 aliphatic carbocycles. The molecule has 1 aromatic carbocycles. The van der Waals surface area contributed by atoms with Crippen molar-refractivity contribution in [2.45, 2.75) is 26.4 Å². The van der Waals surface area contributed by atoms with E-state index in [4.69, 9.17) is 0 Å². The molecule has 1 heterocycles. The van der Waals surface area contributed by atoms with Crippen LogP contribution in [0, 0.1) is 13.8 Å². The lowest BCUT2D eigenvalue weighted by atomic mass is 10.0. The Bertz CT molecular complexity index is 662. The fourth-order valence-corrected chi connectivity index (χ4v) is 2.55. The first-order valence-corrected chi connectivity index (χ1v) is 8.09. The topological polar surface area (TPSA) is 64.3 Å².